The number of hydrogen-bond acceptors (Lipinski definition) is 4. The number of nitrogens with one attached hydrogen (secondary N) is 1. The second-order valence-corrected chi connectivity index (χ2v) is 5.73. The van der Waals surface area contributed by atoms with Crippen LogP contribution in [0.3, 0.4) is 0 Å². The second-order valence-electron chi connectivity index (χ2n) is 5.73. The summed E-state index contributed by atoms with van der Waals surface area (Å²) in [6.07, 6.45) is 3.22. The third-order valence-electron chi connectivity index (χ3n) is 4.47. The lowest BCUT2D eigenvalue weighted by molar-refractivity contribution is -0.136. The number of amides is 1. The van der Waals surface area contributed by atoms with Gasteiger partial charge in [0.25, 0.3) is 0 Å². The van der Waals surface area contributed by atoms with Crippen LogP contribution >= 0.6 is 0 Å². The normalized spacial score (nSPS) is 28.0. The molecular formula is C15H29N3O2. The van der Waals surface area contributed by atoms with Gasteiger partial charge in [0.2, 0.25) is 5.91 Å². The van der Waals surface area contributed by atoms with Gasteiger partial charge in [-0.3, -0.25) is 9.69 Å². The molecule has 1 N–H and O–H groups in total. The van der Waals surface area contributed by atoms with Crippen LogP contribution in [0, 0.1) is 0 Å². The van der Waals surface area contributed by atoms with Crippen molar-refractivity contribution in [1.29, 1.82) is 0 Å². The highest BCUT2D eigenvalue weighted by Gasteiger charge is 2.32. The molecule has 1 amide bonds. The highest BCUT2D eigenvalue weighted by Crippen LogP contribution is 2.16. The fourth-order valence-electron chi connectivity index (χ4n) is 3.22. The van der Waals surface area contributed by atoms with Crippen molar-refractivity contribution >= 4 is 5.91 Å². The van der Waals surface area contributed by atoms with Gasteiger partial charge in [-0.2, -0.15) is 0 Å². The van der Waals surface area contributed by atoms with Crippen molar-refractivity contribution in [1.82, 2.24) is 15.1 Å². The fraction of sp³-hybridized carbons (Fsp3) is 0.933. The topological polar surface area (TPSA) is 44.8 Å². The highest BCUT2D eigenvalue weighted by molar-refractivity contribution is 5.82. The molecule has 0 spiro atoms. The Morgan fingerprint density at radius 2 is 2.20 bits per heavy atom. The van der Waals surface area contributed by atoms with Crippen LogP contribution in [0.25, 0.3) is 0 Å². The van der Waals surface area contributed by atoms with Crippen molar-refractivity contribution < 1.29 is 9.53 Å². The van der Waals surface area contributed by atoms with Crippen molar-refractivity contribution in [3.63, 3.8) is 0 Å². The summed E-state index contributed by atoms with van der Waals surface area (Å²) in [5.74, 6) is 0.311. The molecule has 0 aromatic rings. The van der Waals surface area contributed by atoms with E-state index < -0.39 is 0 Å². The van der Waals surface area contributed by atoms with Gasteiger partial charge in [0.15, 0.2) is 0 Å². The Kier molecular flexibility index (Phi) is 6.26. The summed E-state index contributed by atoms with van der Waals surface area (Å²) in [7, 11) is 0. The summed E-state index contributed by atoms with van der Waals surface area (Å²) in [5, 5.41) is 3.31. The van der Waals surface area contributed by atoms with Crippen molar-refractivity contribution in [3.8, 4) is 0 Å². The molecular weight excluding hydrogens is 254 g/mol. The molecule has 2 aliphatic heterocycles. The molecule has 20 heavy (non-hydrogen) atoms. The summed E-state index contributed by atoms with van der Waals surface area (Å²) >= 11 is 0. The molecule has 2 unspecified atom stereocenters. The van der Waals surface area contributed by atoms with Crippen molar-refractivity contribution in [3.05, 3.63) is 0 Å². The summed E-state index contributed by atoms with van der Waals surface area (Å²) in [4.78, 5) is 17.0. The van der Waals surface area contributed by atoms with Crippen LogP contribution in [-0.4, -0.2) is 73.7 Å². The first-order chi connectivity index (χ1) is 9.76. The molecule has 0 aromatic carbocycles. The van der Waals surface area contributed by atoms with E-state index in [9.17, 15) is 4.79 Å². The number of nitrogens with zero attached hydrogens (tertiary/aromatic N) is 2. The molecule has 2 aliphatic rings. The maximum absolute atomic E-state index is 12.4. The first kappa shape index (κ1) is 15.7. The molecule has 0 aliphatic carbocycles. The molecule has 2 fully saturated rings. The quantitative estimate of drug-likeness (QED) is 0.729. The maximum atomic E-state index is 12.4. The second kappa shape index (κ2) is 7.96. The average molecular weight is 283 g/mol. The van der Waals surface area contributed by atoms with Gasteiger partial charge in [-0.25, -0.2) is 0 Å². The molecule has 116 valence electrons. The molecule has 2 rings (SSSR count). The first-order valence-electron chi connectivity index (χ1n) is 8.10. The maximum Gasteiger partial charge on any atom is 0.239 e. The largest absolute Gasteiger partial charge is 0.380 e. The lowest BCUT2D eigenvalue weighted by Crippen LogP contribution is -2.57. The summed E-state index contributed by atoms with van der Waals surface area (Å²) in [5.41, 5.74) is 0. The molecule has 2 heterocycles. The van der Waals surface area contributed by atoms with Gasteiger partial charge in [0.05, 0.1) is 12.6 Å². The number of rotatable bonds is 6. The molecule has 0 bridgehead atoms. The van der Waals surface area contributed by atoms with E-state index in [0.717, 1.165) is 65.2 Å². The van der Waals surface area contributed by atoms with Crippen molar-refractivity contribution in [2.24, 2.45) is 0 Å². The van der Waals surface area contributed by atoms with Crippen LogP contribution in [0.15, 0.2) is 0 Å². The summed E-state index contributed by atoms with van der Waals surface area (Å²) in [6, 6.07) is 0.553. The number of hydrogen-bond donors (Lipinski definition) is 1. The number of carbonyl (C=O) groups excluding carboxylic acids is 1. The van der Waals surface area contributed by atoms with E-state index in [-0.39, 0.29) is 6.04 Å². The number of ether oxygens (including phenoxy) is 1. The lowest BCUT2D eigenvalue weighted by Gasteiger charge is -2.42. The molecule has 2 saturated heterocycles. The van der Waals surface area contributed by atoms with E-state index in [1.54, 1.807) is 0 Å². The predicted octanol–water partition coefficient (Wildman–Crippen LogP) is 0.698. The van der Waals surface area contributed by atoms with E-state index in [1.807, 2.05) is 6.92 Å². The van der Waals surface area contributed by atoms with Gasteiger partial charge in [-0.1, -0.05) is 6.92 Å². The van der Waals surface area contributed by atoms with Gasteiger partial charge < -0.3 is 15.0 Å². The fourth-order valence-corrected chi connectivity index (χ4v) is 3.22. The Hall–Kier alpha value is -0.650. The van der Waals surface area contributed by atoms with E-state index in [2.05, 4.69) is 22.0 Å². The van der Waals surface area contributed by atoms with Crippen LogP contribution in [0.1, 0.15) is 33.1 Å². The molecule has 0 saturated carbocycles. The van der Waals surface area contributed by atoms with Crippen LogP contribution in [0.4, 0.5) is 0 Å². The zero-order chi connectivity index (χ0) is 14.4. The highest BCUT2D eigenvalue weighted by atomic mass is 16.5. The Morgan fingerprint density at radius 1 is 1.35 bits per heavy atom. The third kappa shape index (κ3) is 3.93. The first-order valence-corrected chi connectivity index (χ1v) is 8.10. The molecule has 0 radical (unpaired) electrons. The van der Waals surface area contributed by atoms with Crippen molar-refractivity contribution in [2.75, 3.05) is 45.9 Å². The van der Waals surface area contributed by atoms with E-state index >= 15 is 0 Å². The molecule has 0 aromatic heterocycles. The van der Waals surface area contributed by atoms with Gasteiger partial charge in [-0.15, -0.1) is 0 Å². The minimum atomic E-state index is 0.0717. The predicted molar refractivity (Wildman–Crippen MR) is 79.7 cm³/mol. The van der Waals surface area contributed by atoms with E-state index in [4.69, 9.17) is 4.74 Å². The Labute approximate surface area is 122 Å². The van der Waals surface area contributed by atoms with Crippen LogP contribution in [0.5, 0.6) is 0 Å². The minimum Gasteiger partial charge on any atom is -0.380 e. The SMILES string of the molecule is CCOCCN1CCN(C(=O)C2CCCN2)CC1CC. The van der Waals surface area contributed by atoms with Gasteiger partial charge >= 0.3 is 0 Å². The van der Waals surface area contributed by atoms with Crippen LogP contribution in [0.2, 0.25) is 0 Å². The Balaban J connectivity index is 1.82. The summed E-state index contributed by atoms with van der Waals surface area (Å²) in [6.45, 7) is 10.5. The molecule has 2 atom stereocenters. The zero-order valence-electron chi connectivity index (χ0n) is 12.9. The van der Waals surface area contributed by atoms with Gasteiger partial charge in [0.1, 0.15) is 0 Å². The van der Waals surface area contributed by atoms with Gasteiger partial charge in [0, 0.05) is 38.8 Å². The van der Waals surface area contributed by atoms with Crippen molar-refractivity contribution in [2.45, 2.75) is 45.2 Å². The van der Waals surface area contributed by atoms with Crippen LogP contribution in [-0.2, 0) is 9.53 Å². The monoisotopic (exact) mass is 283 g/mol. The summed E-state index contributed by atoms with van der Waals surface area (Å²) < 4.78 is 5.45. The lowest BCUT2D eigenvalue weighted by atomic mass is 10.1. The Bertz CT molecular complexity index is 305. The molecule has 5 heteroatoms. The van der Waals surface area contributed by atoms with E-state index in [0.29, 0.717) is 11.9 Å². The standard InChI is InChI=1S/C15H29N3O2/c1-3-13-12-18(15(19)14-6-5-7-16-14)9-8-17(13)10-11-20-4-2/h13-14,16H,3-12H2,1-2H3. The van der Waals surface area contributed by atoms with Gasteiger partial charge in [-0.05, 0) is 32.7 Å². The average Bonchev–Trinajstić information content (AvgIpc) is 3.01. The third-order valence-corrected chi connectivity index (χ3v) is 4.47. The zero-order valence-corrected chi connectivity index (χ0v) is 12.9. The van der Waals surface area contributed by atoms with Crippen LogP contribution < -0.4 is 5.32 Å². The smallest absolute Gasteiger partial charge is 0.239 e. The van der Waals surface area contributed by atoms with E-state index in [1.165, 1.54) is 0 Å². The number of piperazine rings is 1. The number of carbonyl (C=O) groups is 1. The molecule has 5 nitrogen and oxygen atoms in total. The Morgan fingerprint density at radius 3 is 2.85 bits per heavy atom. The minimum absolute atomic E-state index is 0.0717.